The predicted molar refractivity (Wildman–Crippen MR) is 114 cm³/mol. The number of benzodiazepines with no additional fused rings is 1. The Hall–Kier alpha value is -3.64. The summed E-state index contributed by atoms with van der Waals surface area (Å²) in [4.78, 5) is 21.9. The molecule has 1 aliphatic rings. The fourth-order valence-corrected chi connectivity index (χ4v) is 3.42. The molecule has 0 saturated heterocycles. The van der Waals surface area contributed by atoms with Crippen LogP contribution in [0.3, 0.4) is 0 Å². The molecule has 4 aromatic rings. The zero-order valence-corrected chi connectivity index (χ0v) is 15.9. The minimum absolute atomic E-state index is 0.199. The highest BCUT2D eigenvalue weighted by Crippen LogP contribution is 2.26. The molecule has 0 spiro atoms. The van der Waals surface area contributed by atoms with Gasteiger partial charge in [-0.3, -0.25) is 4.79 Å². The molecule has 2 N–H and O–H groups in total. The number of hydrogen-bond acceptors (Lipinski definition) is 5. The van der Waals surface area contributed by atoms with Gasteiger partial charge in [-0.15, -0.1) is 0 Å². The van der Waals surface area contributed by atoms with Crippen LogP contribution >= 0.6 is 11.6 Å². The summed E-state index contributed by atoms with van der Waals surface area (Å²) >= 11 is 6.01. The SMILES string of the molecule is O=C1Nc2ccccc2C(c2ccccc2)=NC1Nc1nc2ccc(Cl)cc2o1. The zero-order chi connectivity index (χ0) is 19.8. The van der Waals surface area contributed by atoms with Crippen LogP contribution in [0.5, 0.6) is 0 Å². The van der Waals surface area contributed by atoms with Crippen molar-refractivity contribution in [1.29, 1.82) is 0 Å². The van der Waals surface area contributed by atoms with E-state index in [9.17, 15) is 4.79 Å². The number of carbonyl (C=O) groups excluding carboxylic acids is 1. The topological polar surface area (TPSA) is 79.5 Å². The Morgan fingerprint density at radius 3 is 2.66 bits per heavy atom. The highest BCUT2D eigenvalue weighted by atomic mass is 35.5. The number of nitrogens with zero attached hydrogens (tertiary/aromatic N) is 2. The molecule has 1 amide bonds. The first-order valence-electron chi connectivity index (χ1n) is 9.03. The Balaban J connectivity index is 1.57. The second-order valence-corrected chi connectivity index (χ2v) is 6.99. The number of amides is 1. The van der Waals surface area contributed by atoms with Gasteiger partial charge in [-0.25, -0.2) is 4.99 Å². The van der Waals surface area contributed by atoms with Crippen LogP contribution < -0.4 is 10.6 Å². The van der Waals surface area contributed by atoms with Crippen molar-refractivity contribution in [3.63, 3.8) is 0 Å². The molecule has 142 valence electrons. The standard InChI is InChI=1S/C22H15ClN4O2/c23-14-10-11-17-18(12-14)29-22(25-17)27-20-21(28)24-16-9-5-4-8-15(16)19(26-20)13-6-2-1-3-7-13/h1-12,20H,(H,24,28)(H,25,27). The van der Waals surface area contributed by atoms with E-state index in [0.717, 1.165) is 11.1 Å². The number of aromatic nitrogens is 1. The largest absolute Gasteiger partial charge is 0.423 e. The van der Waals surface area contributed by atoms with Crippen molar-refractivity contribution in [2.45, 2.75) is 6.17 Å². The summed E-state index contributed by atoms with van der Waals surface area (Å²) in [7, 11) is 0. The predicted octanol–water partition coefficient (Wildman–Crippen LogP) is 4.71. The quantitative estimate of drug-likeness (QED) is 0.520. The van der Waals surface area contributed by atoms with Crippen molar-refractivity contribution in [2.75, 3.05) is 10.6 Å². The second kappa shape index (κ2) is 7.07. The number of para-hydroxylation sites is 1. The molecule has 0 bridgehead atoms. The third-order valence-corrected chi connectivity index (χ3v) is 4.84. The van der Waals surface area contributed by atoms with Gasteiger partial charge >= 0.3 is 0 Å². The molecule has 1 aromatic heterocycles. The van der Waals surface area contributed by atoms with Crippen molar-refractivity contribution in [1.82, 2.24) is 4.98 Å². The van der Waals surface area contributed by atoms with Gasteiger partial charge in [0, 0.05) is 22.2 Å². The number of oxazole rings is 1. The summed E-state index contributed by atoms with van der Waals surface area (Å²) in [6, 6.07) is 22.7. The lowest BCUT2D eigenvalue weighted by Crippen LogP contribution is -2.32. The van der Waals surface area contributed by atoms with E-state index in [1.165, 1.54) is 0 Å². The van der Waals surface area contributed by atoms with Crippen molar-refractivity contribution in [3.05, 3.63) is 88.9 Å². The molecular formula is C22H15ClN4O2. The molecule has 5 rings (SSSR count). The Labute approximate surface area is 171 Å². The molecule has 2 heterocycles. The number of halogens is 1. The van der Waals surface area contributed by atoms with Crippen LogP contribution in [0.2, 0.25) is 5.02 Å². The van der Waals surface area contributed by atoms with E-state index in [-0.39, 0.29) is 11.9 Å². The van der Waals surface area contributed by atoms with Crippen LogP contribution in [0.4, 0.5) is 11.7 Å². The molecule has 1 atom stereocenters. The Kier molecular flexibility index (Phi) is 4.26. The first-order valence-corrected chi connectivity index (χ1v) is 9.41. The van der Waals surface area contributed by atoms with E-state index in [1.54, 1.807) is 18.2 Å². The van der Waals surface area contributed by atoms with Gasteiger partial charge in [0.2, 0.25) is 6.17 Å². The van der Waals surface area contributed by atoms with Gasteiger partial charge in [0.1, 0.15) is 5.52 Å². The first-order chi connectivity index (χ1) is 14.2. The summed E-state index contributed by atoms with van der Waals surface area (Å²) in [6.07, 6.45) is -0.916. The lowest BCUT2D eigenvalue weighted by atomic mass is 10.0. The molecular weight excluding hydrogens is 388 g/mol. The van der Waals surface area contributed by atoms with E-state index < -0.39 is 6.17 Å². The molecule has 0 aliphatic carbocycles. The van der Waals surface area contributed by atoms with Gasteiger partial charge in [-0.2, -0.15) is 4.98 Å². The van der Waals surface area contributed by atoms with E-state index in [2.05, 4.69) is 15.6 Å². The number of anilines is 2. The third kappa shape index (κ3) is 3.34. The van der Waals surface area contributed by atoms with Crippen molar-refractivity contribution >= 4 is 46.0 Å². The van der Waals surface area contributed by atoms with Gasteiger partial charge in [-0.05, 0) is 18.2 Å². The highest BCUT2D eigenvalue weighted by Gasteiger charge is 2.26. The highest BCUT2D eigenvalue weighted by molar-refractivity contribution is 6.31. The van der Waals surface area contributed by atoms with Crippen LogP contribution in [0.15, 0.2) is 82.2 Å². The number of carbonyl (C=O) groups is 1. The average molecular weight is 403 g/mol. The van der Waals surface area contributed by atoms with Crippen LogP contribution in [0, 0.1) is 0 Å². The number of aliphatic imine (C=N–C) groups is 1. The molecule has 3 aromatic carbocycles. The van der Waals surface area contributed by atoms with Crippen LogP contribution in [0.25, 0.3) is 11.1 Å². The molecule has 7 heteroatoms. The lowest BCUT2D eigenvalue weighted by molar-refractivity contribution is -0.116. The van der Waals surface area contributed by atoms with Gasteiger partial charge in [0.15, 0.2) is 5.58 Å². The summed E-state index contributed by atoms with van der Waals surface area (Å²) in [5.74, 6) is -0.302. The summed E-state index contributed by atoms with van der Waals surface area (Å²) in [5, 5.41) is 6.47. The molecule has 1 aliphatic heterocycles. The summed E-state index contributed by atoms with van der Waals surface area (Å²) < 4.78 is 5.70. The van der Waals surface area contributed by atoms with Crippen molar-refractivity contribution in [2.24, 2.45) is 4.99 Å². The number of benzene rings is 3. The minimum atomic E-state index is -0.916. The first kappa shape index (κ1) is 17.5. The maximum Gasteiger partial charge on any atom is 0.297 e. The number of hydrogen-bond donors (Lipinski definition) is 2. The lowest BCUT2D eigenvalue weighted by Gasteiger charge is -2.11. The van der Waals surface area contributed by atoms with Gasteiger partial charge in [0.25, 0.3) is 11.9 Å². The fraction of sp³-hybridized carbons (Fsp3) is 0.0455. The van der Waals surface area contributed by atoms with E-state index in [0.29, 0.717) is 27.5 Å². The maximum absolute atomic E-state index is 12.9. The van der Waals surface area contributed by atoms with E-state index in [1.807, 2.05) is 54.6 Å². The zero-order valence-electron chi connectivity index (χ0n) is 15.1. The third-order valence-electron chi connectivity index (χ3n) is 4.60. The molecule has 29 heavy (non-hydrogen) atoms. The second-order valence-electron chi connectivity index (χ2n) is 6.56. The average Bonchev–Trinajstić information content (AvgIpc) is 3.07. The maximum atomic E-state index is 12.9. The minimum Gasteiger partial charge on any atom is -0.423 e. The van der Waals surface area contributed by atoms with Gasteiger partial charge in [-0.1, -0.05) is 60.1 Å². The van der Waals surface area contributed by atoms with E-state index >= 15 is 0 Å². The van der Waals surface area contributed by atoms with Crippen molar-refractivity contribution < 1.29 is 9.21 Å². The molecule has 0 fully saturated rings. The van der Waals surface area contributed by atoms with Gasteiger partial charge in [0.05, 0.1) is 11.4 Å². The van der Waals surface area contributed by atoms with E-state index in [4.69, 9.17) is 21.0 Å². The van der Waals surface area contributed by atoms with Gasteiger partial charge < -0.3 is 15.1 Å². The molecule has 1 unspecified atom stereocenters. The number of rotatable bonds is 3. The molecule has 0 saturated carbocycles. The fourth-order valence-electron chi connectivity index (χ4n) is 3.26. The van der Waals surface area contributed by atoms with Crippen LogP contribution in [-0.2, 0) is 4.79 Å². The van der Waals surface area contributed by atoms with Crippen LogP contribution in [-0.4, -0.2) is 22.8 Å². The number of fused-ring (bicyclic) bond motifs is 2. The van der Waals surface area contributed by atoms with Crippen molar-refractivity contribution in [3.8, 4) is 0 Å². The normalized spacial score (nSPS) is 16.0. The smallest absolute Gasteiger partial charge is 0.297 e. The molecule has 6 nitrogen and oxygen atoms in total. The summed E-state index contributed by atoms with van der Waals surface area (Å²) in [5.41, 5.74) is 4.34. The number of nitrogens with one attached hydrogen (secondary N) is 2. The summed E-state index contributed by atoms with van der Waals surface area (Å²) in [6.45, 7) is 0. The Bertz CT molecular complexity index is 1250. The Morgan fingerprint density at radius 1 is 1.00 bits per heavy atom. The monoisotopic (exact) mass is 402 g/mol. The van der Waals surface area contributed by atoms with Crippen LogP contribution in [0.1, 0.15) is 11.1 Å². The Morgan fingerprint density at radius 2 is 1.79 bits per heavy atom. The molecule has 0 radical (unpaired) electrons.